The van der Waals surface area contributed by atoms with Crippen LogP contribution in [0.25, 0.3) is 22.3 Å². The largest absolute Gasteiger partial charge is 0.508 e. The van der Waals surface area contributed by atoms with Gasteiger partial charge in [-0.05, 0) is 37.0 Å². The predicted molar refractivity (Wildman–Crippen MR) is 101 cm³/mol. The van der Waals surface area contributed by atoms with Crippen LogP contribution in [0, 0.1) is 24.6 Å². The number of hydrogen-bond donors (Lipinski definition) is 3. The molecule has 7 nitrogen and oxygen atoms in total. The number of aryl methyl sites for hydroxylation is 1. The number of carbonyl (C=O) groups excluding carboxylic acids is 1. The Morgan fingerprint density at radius 1 is 1.25 bits per heavy atom. The Labute approximate surface area is 160 Å². The van der Waals surface area contributed by atoms with Crippen LogP contribution in [0.5, 0.6) is 5.75 Å². The average molecular weight is 381 g/mol. The Bertz CT molecular complexity index is 1080. The van der Waals surface area contributed by atoms with Gasteiger partial charge in [0.2, 0.25) is 0 Å². The third-order valence-corrected chi connectivity index (χ3v) is 5.84. The minimum Gasteiger partial charge on any atom is -0.508 e. The van der Waals surface area contributed by atoms with Gasteiger partial charge in [0, 0.05) is 43.5 Å². The molecule has 0 saturated carbocycles. The monoisotopic (exact) mass is 381 g/mol. The van der Waals surface area contributed by atoms with Crippen molar-refractivity contribution < 1.29 is 14.3 Å². The second-order valence-electron chi connectivity index (χ2n) is 7.65. The van der Waals surface area contributed by atoms with E-state index in [0.717, 1.165) is 37.9 Å². The molecule has 144 valence electrons. The minimum atomic E-state index is -0.598. The van der Waals surface area contributed by atoms with Crippen molar-refractivity contribution in [2.75, 3.05) is 26.2 Å². The number of aromatic nitrogens is 3. The number of nitrogens with one attached hydrogen (secondary N) is 2. The molecule has 0 radical (unpaired) electrons. The molecule has 1 amide bonds. The summed E-state index contributed by atoms with van der Waals surface area (Å²) in [6.07, 6.45) is 0. The van der Waals surface area contributed by atoms with Crippen LogP contribution in [0.3, 0.4) is 0 Å². The lowest BCUT2D eigenvalue weighted by Gasteiger charge is -2.18. The standard InChI is InChI=1S/C20H20FN5O2/c1-10-18-15(20(28)26-8-11-6-22-7-12(11)9-26)5-17(23-19(18)25-24-10)14-3-2-13(27)4-16(14)21/h2-5,11-12,22,27H,6-9H2,1H3,(H,23,24,25). The van der Waals surface area contributed by atoms with Gasteiger partial charge in [0.05, 0.1) is 16.6 Å². The molecule has 2 aliphatic rings. The number of likely N-dealkylation sites (tertiary alicyclic amines) is 1. The van der Waals surface area contributed by atoms with Gasteiger partial charge in [-0.2, -0.15) is 5.10 Å². The Morgan fingerprint density at radius 3 is 2.71 bits per heavy atom. The molecule has 3 aromatic rings. The second-order valence-corrected chi connectivity index (χ2v) is 7.65. The number of halogens is 1. The fourth-order valence-electron chi connectivity index (χ4n) is 4.38. The highest BCUT2D eigenvalue weighted by Gasteiger charge is 2.39. The molecule has 2 aromatic heterocycles. The number of pyridine rings is 1. The minimum absolute atomic E-state index is 0.0771. The topological polar surface area (TPSA) is 94.1 Å². The van der Waals surface area contributed by atoms with Gasteiger partial charge in [0.1, 0.15) is 11.6 Å². The number of H-pyrrole nitrogens is 1. The van der Waals surface area contributed by atoms with E-state index in [9.17, 15) is 14.3 Å². The molecule has 2 fully saturated rings. The first kappa shape index (κ1) is 17.1. The molecule has 5 rings (SSSR count). The average Bonchev–Trinajstić information content (AvgIpc) is 3.35. The lowest BCUT2D eigenvalue weighted by Crippen LogP contribution is -2.32. The molecule has 0 spiro atoms. The van der Waals surface area contributed by atoms with E-state index in [1.807, 2.05) is 11.8 Å². The molecule has 0 bridgehead atoms. The van der Waals surface area contributed by atoms with E-state index in [0.29, 0.717) is 34.1 Å². The summed E-state index contributed by atoms with van der Waals surface area (Å²) in [4.78, 5) is 19.7. The fraction of sp³-hybridized carbons (Fsp3) is 0.350. The number of carbonyl (C=O) groups is 1. The van der Waals surface area contributed by atoms with E-state index in [2.05, 4.69) is 20.5 Å². The van der Waals surface area contributed by atoms with E-state index in [1.54, 1.807) is 6.07 Å². The zero-order valence-electron chi connectivity index (χ0n) is 15.4. The van der Waals surface area contributed by atoms with Crippen molar-refractivity contribution in [3.05, 3.63) is 41.3 Å². The molecule has 1 aromatic carbocycles. The molecule has 28 heavy (non-hydrogen) atoms. The van der Waals surface area contributed by atoms with Crippen molar-refractivity contribution in [1.29, 1.82) is 0 Å². The summed E-state index contributed by atoms with van der Waals surface area (Å²) in [5, 5.41) is 20.6. The highest BCUT2D eigenvalue weighted by molar-refractivity contribution is 6.07. The van der Waals surface area contributed by atoms with Crippen LogP contribution in [-0.4, -0.2) is 57.3 Å². The summed E-state index contributed by atoms with van der Waals surface area (Å²) in [5.74, 6) is 0.138. The van der Waals surface area contributed by atoms with Crippen LogP contribution >= 0.6 is 0 Å². The number of amides is 1. The van der Waals surface area contributed by atoms with Gasteiger partial charge in [-0.25, -0.2) is 9.37 Å². The summed E-state index contributed by atoms with van der Waals surface area (Å²) in [6.45, 7) is 5.17. The van der Waals surface area contributed by atoms with Crippen molar-refractivity contribution in [3.63, 3.8) is 0 Å². The fourth-order valence-corrected chi connectivity index (χ4v) is 4.38. The summed E-state index contributed by atoms with van der Waals surface area (Å²) >= 11 is 0. The normalized spacial score (nSPS) is 21.4. The summed E-state index contributed by atoms with van der Waals surface area (Å²) in [6, 6.07) is 5.52. The number of hydrogen-bond acceptors (Lipinski definition) is 5. The van der Waals surface area contributed by atoms with Gasteiger partial charge < -0.3 is 15.3 Å². The number of phenols is 1. The molecule has 8 heteroatoms. The SMILES string of the molecule is Cc1[nH]nc2nc(-c3ccc(O)cc3F)cc(C(=O)N3CC4CNCC4C3)c12. The second kappa shape index (κ2) is 6.27. The van der Waals surface area contributed by atoms with Crippen molar-refractivity contribution in [1.82, 2.24) is 25.4 Å². The maximum Gasteiger partial charge on any atom is 0.254 e. The molecule has 2 unspecified atom stereocenters. The number of rotatable bonds is 2. The van der Waals surface area contributed by atoms with Crippen molar-refractivity contribution in [2.24, 2.45) is 11.8 Å². The summed E-state index contributed by atoms with van der Waals surface area (Å²) in [5.41, 5.74) is 2.15. The lowest BCUT2D eigenvalue weighted by molar-refractivity contribution is 0.0783. The van der Waals surface area contributed by atoms with Crippen LogP contribution in [0.15, 0.2) is 24.3 Å². The molecule has 2 aliphatic heterocycles. The van der Waals surface area contributed by atoms with Crippen LogP contribution in [0.2, 0.25) is 0 Å². The van der Waals surface area contributed by atoms with E-state index in [4.69, 9.17) is 0 Å². The lowest BCUT2D eigenvalue weighted by atomic mass is 10.0. The van der Waals surface area contributed by atoms with Gasteiger partial charge in [-0.15, -0.1) is 0 Å². The Kier molecular flexibility index (Phi) is 3.83. The maximum absolute atomic E-state index is 14.4. The maximum atomic E-state index is 14.4. The molecule has 2 saturated heterocycles. The Balaban J connectivity index is 1.61. The van der Waals surface area contributed by atoms with Gasteiger partial charge in [-0.1, -0.05) is 0 Å². The zero-order valence-corrected chi connectivity index (χ0v) is 15.4. The Morgan fingerprint density at radius 2 is 2.00 bits per heavy atom. The first-order valence-corrected chi connectivity index (χ1v) is 9.36. The van der Waals surface area contributed by atoms with Crippen molar-refractivity contribution in [2.45, 2.75) is 6.92 Å². The quantitative estimate of drug-likeness (QED) is 0.632. The van der Waals surface area contributed by atoms with E-state index in [-0.39, 0.29) is 17.2 Å². The molecular formula is C20H20FN5O2. The first-order chi connectivity index (χ1) is 13.5. The van der Waals surface area contributed by atoms with E-state index >= 15 is 0 Å². The number of nitrogens with zero attached hydrogens (tertiary/aromatic N) is 3. The summed E-state index contributed by atoms with van der Waals surface area (Å²) in [7, 11) is 0. The van der Waals surface area contributed by atoms with Crippen LogP contribution in [0.1, 0.15) is 16.1 Å². The van der Waals surface area contributed by atoms with Gasteiger partial charge >= 0.3 is 0 Å². The Hall–Kier alpha value is -3.00. The number of phenolic OH excluding ortho intramolecular Hbond substituents is 1. The van der Waals surface area contributed by atoms with Crippen molar-refractivity contribution >= 4 is 16.9 Å². The van der Waals surface area contributed by atoms with Crippen molar-refractivity contribution in [3.8, 4) is 17.0 Å². The van der Waals surface area contributed by atoms with Crippen LogP contribution in [-0.2, 0) is 0 Å². The third kappa shape index (κ3) is 2.63. The number of benzene rings is 1. The highest BCUT2D eigenvalue weighted by atomic mass is 19.1. The smallest absolute Gasteiger partial charge is 0.254 e. The zero-order chi connectivity index (χ0) is 19.4. The molecule has 2 atom stereocenters. The molecule has 0 aliphatic carbocycles. The summed E-state index contributed by atoms with van der Waals surface area (Å²) < 4.78 is 14.4. The number of fused-ring (bicyclic) bond motifs is 2. The highest BCUT2D eigenvalue weighted by Crippen LogP contribution is 2.32. The predicted octanol–water partition coefficient (Wildman–Crippen LogP) is 2.07. The van der Waals surface area contributed by atoms with E-state index in [1.165, 1.54) is 12.1 Å². The van der Waals surface area contributed by atoms with Gasteiger partial charge in [-0.3, -0.25) is 9.89 Å². The van der Waals surface area contributed by atoms with Crippen LogP contribution in [0.4, 0.5) is 4.39 Å². The van der Waals surface area contributed by atoms with E-state index < -0.39 is 5.82 Å². The number of aromatic hydroxyl groups is 1. The van der Waals surface area contributed by atoms with Crippen LogP contribution < -0.4 is 5.32 Å². The number of aromatic amines is 1. The molecular weight excluding hydrogens is 361 g/mol. The third-order valence-electron chi connectivity index (χ3n) is 5.84. The van der Waals surface area contributed by atoms with Gasteiger partial charge in [0.15, 0.2) is 5.65 Å². The molecule has 4 heterocycles. The van der Waals surface area contributed by atoms with Gasteiger partial charge in [0.25, 0.3) is 5.91 Å². The molecule has 3 N–H and O–H groups in total. The first-order valence-electron chi connectivity index (χ1n) is 9.36.